The lowest BCUT2D eigenvalue weighted by atomic mass is 10.1. The molecule has 0 saturated heterocycles. The van der Waals surface area contributed by atoms with Crippen molar-refractivity contribution in [3.05, 3.63) is 45.9 Å². The zero-order valence-corrected chi connectivity index (χ0v) is 15.7. The third-order valence-electron chi connectivity index (χ3n) is 2.90. The highest BCUT2D eigenvalue weighted by molar-refractivity contribution is 7.09. The van der Waals surface area contributed by atoms with E-state index in [1.165, 1.54) is 11.3 Å². The molecule has 0 radical (unpaired) electrons. The van der Waals surface area contributed by atoms with Crippen LogP contribution in [0.2, 0.25) is 0 Å². The number of nitrogens with one attached hydrogen (secondary N) is 1. The molecular weight excluding hydrogens is 364 g/mol. The summed E-state index contributed by atoms with van der Waals surface area (Å²) in [6, 6.07) is 7.14. The maximum absolute atomic E-state index is 11.7. The number of hydrogen-bond acceptors (Lipinski definition) is 6. The molecule has 1 aromatic heterocycles. The Kier molecular flexibility index (Phi) is 6.39. The van der Waals surface area contributed by atoms with Gasteiger partial charge < -0.3 is 9.47 Å². The van der Waals surface area contributed by atoms with Crippen LogP contribution in [0.15, 0.2) is 29.6 Å². The lowest BCUT2D eigenvalue weighted by Gasteiger charge is -2.19. The summed E-state index contributed by atoms with van der Waals surface area (Å²) in [5.74, 6) is -0.533. The fourth-order valence-electron chi connectivity index (χ4n) is 1.91. The highest BCUT2D eigenvalue weighted by atomic mass is 35.5. The maximum Gasteiger partial charge on any atom is 0.412 e. The summed E-state index contributed by atoms with van der Waals surface area (Å²) in [6.07, 6.45) is 0.0774. The van der Waals surface area contributed by atoms with E-state index in [1.807, 2.05) is 12.1 Å². The Morgan fingerprint density at radius 3 is 2.52 bits per heavy atom. The number of anilines is 1. The van der Waals surface area contributed by atoms with Crippen LogP contribution in [0, 0.1) is 0 Å². The number of carbonyl (C=O) groups excluding carboxylic acids is 2. The number of ether oxygens (including phenoxy) is 2. The Bertz CT molecular complexity index is 738. The monoisotopic (exact) mass is 382 g/mol. The molecule has 2 rings (SSSR count). The summed E-state index contributed by atoms with van der Waals surface area (Å²) < 4.78 is 9.90. The van der Waals surface area contributed by atoms with Gasteiger partial charge in [-0.3, -0.25) is 5.32 Å². The first-order chi connectivity index (χ1) is 11.8. The van der Waals surface area contributed by atoms with Gasteiger partial charge in [0.1, 0.15) is 5.60 Å². The van der Waals surface area contributed by atoms with Crippen LogP contribution < -0.4 is 5.32 Å². The molecule has 1 amide bonds. The normalized spacial score (nSPS) is 11.0. The van der Waals surface area contributed by atoms with Crippen LogP contribution in [-0.2, 0) is 15.9 Å². The highest BCUT2D eigenvalue weighted by Gasteiger charge is 2.16. The van der Waals surface area contributed by atoms with Gasteiger partial charge in [-0.2, -0.15) is 0 Å². The smallest absolute Gasteiger partial charge is 0.412 e. The molecule has 0 spiro atoms. The van der Waals surface area contributed by atoms with E-state index in [-0.39, 0.29) is 11.8 Å². The number of carbonyl (C=O) groups is 2. The fraction of sp³-hybridized carbons (Fsp3) is 0.353. The van der Waals surface area contributed by atoms with Crippen LogP contribution in [0.1, 0.15) is 41.8 Å². The molecule has 1 heterocycles. The fourth-order valence-corrected chi connectivity index (χ4v) is 2.81. The van der Waals surface area contributed by atoms with Crippen LogP contribution >= 0.6 is 22.9 Å². The van der Waals surface area contributed by atoms with Gasteiger partial charge in [0, 0.05) is 17.5 Å². The first-order valence-corrected chi connectivity index (χ1v) is 8.94. The summed E-state index contributed by atoms with van der Waals surface area (Å²) in [7, 11) is 0. The molecule has 0 aliphatic carbocycles. The number of esters is 1. The Morgan fingerprint density at radius 2 is 1.92 bits per heavy atom. The largest absolute Gasteiger partial charge is 0.445 e. The van der Waals surface area contributed by atoms with E-state index in [1.54, 1.807) is 38.3 Å². The molecule has 1 N–H and O–H groups in total. The number of benzene rings is 1. The molecule has 25 heavy (non-hydrogen) atoms. The van der Waals surface area contributed by atoms with Crippen LogP contribution in [0.4, 0.5) is 10.5 Å². The summed E-state index contributed by atoms with van der Waals surface area (Å²) in [5.41, 5.74) is 1.35. The molecule has 6 nitrogen and oxygen atoms in total. The van der Waals surface area contributed by atoms with Crippen molar-refractivity contribution in [1.29, 1.82) is 0 Å². The SMILES string of the molecule is CC(C)(C)OC(=O)Nc1ccc(Cc2nc(C(=O)OCCl)cs2)cc1. The molecule has 0 aliphatic heterocycles. The van der Waals surface area contributed by atoms with Crippen LogP contribution in [0.3, 0.4) is 0 Å². The molecule has 0 aliphatic rings. The third-order valence-corrected chi connectivity index (χ3v) is 3.86. The van der Waals surface area contributed by atoms with E-state index in [0.717, 1.165) is 10.6 Å². The van der Waals surface area contributed by atoms with Crippen LogP contribution in [0.25, 0.3) is 0 Å². The van der Waals surface area contributed by atoms with E-state index >= 15 is 0 Å². The molecule has 134 valence electrons. The van der Waals surface area contributed by atoms with Crippen molar-refractivity contribution in [2.45, 2.75) is 32.8 Å². The van der Waals surface area contributed by atoms with Gasteiger partial charge in [-0.05, 0) is 38.5 Å². The van der Waals surface area contributed by atoms with Crippen molar-refractivity contribution < 1.29 is 19.1 Å². The van der Waals surface area contributed by atoms with Crippen molar-refractivity contribution in [3.63, 3.8) is 0 Å². The summed E-state index contributed by atoms with van der Waals surface area (Å²) in [6.45, 7) is 5.42. The number of hydrogen-bond donors (Lipinski definition) is 1. The quantitative estimate of drug-likeness (QED) is 0.611. The summed E-state index contributed by atoms with van der Waals surface area (Å²) in [5, 5.41) is 5.10. The molecule has 0 fully saturated rings. The topological polar surface area (TPSA) is 77.5 Å². The number of aromatic nitrogens is 1. The number of rotatable bonds is 5. The minimum atomic E-state index is -0.544. The minimum Gasteiger partial charge on any atom is -0.445 e. The Hall–Kier alpha value is -2.12. The van der Waals surface area contributed by atoms with Crippen LogP contribution in [0.5, 0.6) is 0 Å². The van der Waals surface area contributed by atoms with Gasteiger partial charge in [-0.25, -0.2) is 14.6 Å². The van der Waals surface area contributed by atoms with Gasteiger partial charge in [0.05, 0.1) is 5.01 Å². The molecule has 0 unspecified atom stereocenters. The number of alkyl halides is 1. The molecule has 2 aromatic rings. The van der Waals surface area contributed by atoms with Crippen molar-refractivity contribution in [2.75, 3.05) is 11.4 Å². The number of amides is 1. The van der Waals surface area contributed by atoms with E-state index in [9.17, 15) is 9.59 Å². The van der Waals surface area contributed by atoms with Crippen LogP contribution in [-0.4, -0.2) is 28.7 Å². The van der Waals surface area contributed by atoms with E-state index < -0.39 is 17.7 Å². The Balaban J connectivity index is 1.94. The van der Waals surface area contributed by atoms with Gasteiger partial charge in [0.25, 0.3) is 0 Å². The van der Waals surface area contributed by atoms with Crippen molar-refractivity contribution in [2.24, 2.45) is 0 Å². The Morgan fingerprint density at radius 1 is 1.24 bits per heavy atom. The van der Waals surface area contributed by atoms with E-state index in [4.69, 9.17) is 21.1 Å². The second-order valence-corrected chi connectivity index (χ2v) is 7.33. The minimum absolute atomic E-state index is 0.197. The number of thiazole rings is 1. The number of nitrogens with zero attached hydrogens (tertiary/aromatic N) is 1. The van der Waals surface area contributed by atoms with Gasteiger partial charge in [0.15, 0.2) is 11.8 Å². The summed E-state index contributed by atoms with van der Waals surface area (Å²) in [4.78, 5) is 27.5. The van der Waals surface area contributed by atoms with Crippen molar-refractivity contribution in [1.82, 2.24) is 4.98 Å². The standard InChI is InChI=1S/C17H19ClN2O4S/c1-17(2,3)24-16(22)19-12-6-4-11(5-7-12)8-14-20-13(9-25-14)15(21)23-10-18/h4-7,9H,8,10H2,1-3H3,(H,19,22). The molecule has 0 saturated carbocycles. The molecule has 1 aromatic carbocycles. The predicted molar refractivity (Wildman–Crippen MR) is 97.4 cm³/mol. The second-order valence-electron chi connectivity index (χ2n) is 6.17. The Labute approximate surface area is 155 Å². The average molecular weight is 383 g/mol. The molecular formula is C17H19ClN2O4S. The van der Waals surface area contributed by atoms with Gasteiger partial charge in [-0.15, -0.1) is 11.3 Å². The lowest BCUT2D eigenvalue weighted by molar-refractivity contribution is 0.0566. The van der Waals surface area contributed by atoms with Gasteiger partial charge in [-0.1, -0.05) is 23.7 Å². The zero-order valence-electron chi connectivity index (χ0n) is 14.2. The van der Waals surface area contributed by atoms with E-state index in [2.05, 4.69) is 10.3 Å². The highest BCUT2D eigenvalue weighted by Crippen LogP contribution is 2.18. The first kappa shape index (κ1) is 19.2. The third kappa shape index (κ3) is 6.36. The van der Waals surface area contributed by atoms with E-state index in [0.29, 0.717) is 12.1 Å². The van der Waals surface area contributed by atoms with Crippen molar-refractivity contribution in [3.8, 4) is 0 Å². The predicted octanol–water partition coefficient (Wildman–Crippen LogP) is 4.43. The maximum atomic E-state index is 11.7. The first-order valence-electron chi connectivity index (χ1n) is 7.53. The molecule has 8 heteroatoms. The molecule has 0 atom stereocenters. The summed E-state index contributed by atoms with van der Waals surface area (Å²) >= 11 is 6.74. The molecule has 0 bridgehead atoms. The van der Waals surface area contributed by atoms with Gasteiger partial charge >= 0.3 is 12.1 Å². The lowest BCUT2D eigenvalue weighted by Crippen LogP contribution is -2.27. The van der Waals surface area contributed by atoms with Gasteiger partial charge in [0.2, 0.25) is 0 Å². The van der Waals surface area contributed by atoms with Crippen molar-refractivity contribution >= 4 is 40.7 Å². The zero-order chi connectivity index (χ0) is 18.4. The second kappa shape index (κ2) is 8.31. The average Bonchev–Trinajstić information content (AvgIpc) is 2.96. The number of halogens is 1.